The van der Waals surface area contributed by atoms with E-state index in [1.807, 2.05) is 0 Å². The van der Waals surface area contributed by atoms with E-state index in [-0.39, 0.29) is 17.0 Å². The Hall–Kier alpha value is -3.22. The summed E-state index contributed by atoms with van der Waals surface area (Å²) in [5, 5.41) is 26.2. The summed E-state index contributed by atoms with van der Waals surface area (Å²) in [7, 11) is 1.29. The van der Waals surface area contributed by atoms with Crippen molar-refractivity contribution in [3.05, 3.63) is 53.6 Å². The van der Waals surface area contributed by atoms with Crippen LogP contribution in [0.2, 0.25) is 0 Å². The molecule has 0 amide bonds. The number of carboxylic acids is 1. The molecule has 0 radical (unpaired) electrons. The van der Waals surface area contributed by atoms with Crippen LogP contribution in [0.25, 0.3) is 0 Å². The molecular formula is C15H12N2O5. The van der Waals surface area contributed by atoms with Gasteiger partial charge in [0.2, 0.25) is 0 Å². The van der Waals surface area contributed by atoms with Gasteiger partial charge < -0.3 is 14.9 Å². The van der Waals surface area contributed by atoms with Gasteiger partial charge in [-0.1, -0.05) is 0 Å². The number of methoxy groups -OCH3 is 1. The van der Waals surface area contributed by atoms with E-state index in [2.05, 4.69) is 15.0 Å². The van der Waals surface area contributed by atoms with Crippen molar-refractivity contribution < 1.29 is 24.5 Å². The highest BCUT2D eigenvalue weighted by molar-refractivity contribution is 5.89. The standard InChI is InChI=1S/C15H12N2O5/c1-22-15(21)9-2-5-11(6-3-9)16-17-12-7-4-10(14(19)20)8-13(12)18/h2-8,18H,1H3,(H,19,20). The molecular weight excluding hydrogens is 288 g/mol. The Kier molecular flexibility index (Phi) is 4.47. The van der Waals surface area contributed by atoms with Crippen molar-refractivity contribution in [1.29, 1.82) is 0 Å². The Morgan fingerprint density at radius 3 is 2.18 bits per heavy atom. The van der Waals surface area contributed by atoms with E-state index in [0.29, 0.717) is 11.3 Å². The number of carboxylic acid groups (broad SMARTS) is 1. The number of hydrogen-bond acceptors (Lipinski definition) is 6. The fourth-order valence-electron chi connectivity index (χ4n) is 1.63. The zero-order valence-corrected chi connectivity index (χ0v) is 11.6. The minimum Gasteiger partial charge on any atom is -0.506 e. The number of carbonyl (C=O) groups is 2. The van der Waals surface area contributed by atoms with Gasteiger partial charge in [-0.2, -0.15) is 5.11 Å². The maximum atomic E-state index is 11.3. The van der Waals surface area contributed by atoms with Crippen LogP contribution >= 0.6 is 0 Å². The van der Waals surface area contributed by atoms with Gasteiger partial charge in [-0.25, -0.2) is 9.59 Å². The van der Waals surface area contributed by atoms with E-state index in [1.54, 1.807) is 12.1 Å². The van der Waals surface area contributed by atoms with E-state index in [1.165, 1.54) is 31.4 Å². The molecule has 0 saturated carbocycles. The van der Waals surface area contributed by atoms with E-state index < -0.39 is 11.9 Å². The first-order valence-corrected chi connectivity index (χ1v) is 6.17. The van der Waals surface area contributed by atoms with Crippen LogP contribution in [0.5, 0.6) is 5.75 Å². The van der Waals surface area contributed by atoms with Crippen LogP contribution in [0.15, 0.2) is 52.7 Å². The fraction of sp³-hybridized carbons (Fsp3) is 0.0667. The van der Waals surface area contributed by atoms with E-state index in [9.17, 15) is 14.7 Å². The normalized spacial score (nSPS) is 10.6. The summed E-state index contributed by atoms with van der Waals surface area (Å²) in [6.45, 7) is 0. The molecule has 0 bridgehead atoms. The molecule has 2 N–H and O–H groups in total. The molecule has 0 fully saturated rings. The van der Waals surface area contributed by atoms with Gasteiger partial charge in [0.25, 0.3) is 0 Å². The SMILES string of the molecule is COC(=O)c1ccc(N=Nc2ccc(C(=O)O)cc2O)cc1. The van der Waals surface area contributed by atoms with E-state index in [0.717, 1.165) is 6.07 Å². The van der Waals surface area contributed by atoms with Crippen molar-refractivity contribution in [2.45, 2.75) is 0 Å². The molecule has 0 atom stereocenters. The number of ether oxygens (including phenoxy) is 1. The van der Waals surface area contributed by atoms with E-state index >= 15 is 0 Å². The van der Waals surface area contributed by atoms with Crippen molar-refractivity contribution >= 4 is 23.3 Å². The molecule has 0 heterocycles. The maximum absolute atomic E-state index is 11.3. The molecule has 22 heavy (non-hydrogen) atoms. The summed E-state index contributed by atoms with van der Waals surface area (Å²) >= 11 is 0. The van der Waals surface area contributed by atoms with Crippen LogP contribution in [0.3, 0.4) is 0 Å². The van der Waals surface area contributed by atoms with Gasteiger partial charge in [-0.15, -0.1) is 5.11 Å². The predicted octanol–water partition coefficient (Wildman–Crippen LogP) is 3.29. The highest BCUT2D eigenvalue weighted by Crippen LogP contribution is 2.29. The van der Waals surface area contributed by atoms with Crippen LogP contribution in [0, 0.1) is 0 Å². The molecule has 2 rings (SSSR count). The summed E-state index contributed by atoms with van der Waals surface area (Å²) in [5.74, 6) is -1.88. The summed E-state index contributed by atoms with van der Waals surface area (Å²) in [6, 6.07) is 9.97. The predicted molar refractivity (Wildman–Crippen MR) is 77.0 cm³/mol. The third kappa shape index (κ3) is 3.45. The number of carbonyl (C=O) groups excluding carboxylic acids is 1. The number of aromatic hydroxyl groups is 1. The van der Waals surface area contributed by atoms with Crippen molar-refractivity contribution in [2.24, 2.45) is 10.2 Å². The Balaban J connectivity index is 2.18. The largest absolute Gasteiger partial charge is 0.506 e. The average molecular weight is 300 g/mol. The van der Waals surface area contributed by atoms with Gasteiger partial charge >= 0.3 is 11.9 Å². The molecule has 0 saturated heterocycles. The van der Waals surface area contributed by atoms with Crippen molar-refractivity contribution in [1.82, 2.24) is 0 Å². The second-order valence-corrected chi connectivity index (χ2v) is 4.25. The van der Waals surface area contributed by atoms with Crippen LogP contribution in [0.4, 0.5) is 11.4 Å². The minimum absolute atomic E-state index is 0.0427. The Morgan fingerprint density at radius 1 is 1.00 bits per heavy atom. The summed E-state index contributed by atoms with van der Waals surface area (Å²) in [4.78, 5) is 22.0. The first-order chi connectivity index (χ1) is 10.5. The lowest BCUT2D eigenvalue weighted by Crippen LogP contribution is -1.99. The number of aromatic carboxylic acids is 1. The van der Waals surface area contributed by atoms with Gasteiger partial charge in [0, 0.05) is 0 Å². The quantitative estimate of drug-likeness (QED) is 0.665. The Morgan fingerprint density at radius 2 is 1.64 bits per heavy atom. The molecule has 0 unspecified atom stereocenters. The third-order valence-corrected chi connectivity index (χ3v) is 2.78. The second-order valence-electron chi connectivity index (χ2n) is 4.25. The molecule has 7 nitrogen and oxygen atoms in total. The fourth-order valence-corrected chi connectivity index (χ4v) is 1.63. The monoisotopic (exact) mass is 300 g/mol. The number of esters is 1. The van der Waals surface area contributed by atoms with Crippen molar-refractivity contribution in [2.75, 3.05) is 7.11 Å². The van der Waals surface area contributed by atoms with Crippen molar-refractivity contribution in [3.63, 3.8) is 0 Å². The molecule has 0 aliphatic heterocycles. The summed E-state index contributed by atoms with van der Waals surface area (Å²) < 4.78 is 4.58. The zero-order chi connectivity index (χ0) is 16.1. The van der Waals surface area contributed by atoms with E-state index in [4.69, 9.17) is 5.11 Å². The van der Waals surface area contributed by atoms with Crippen molar-refractivity contribution in [3.8, 4) is 5.75 Å². The molecule has 0 spiro atoms. The molecule has 7 heteroatoms. The number of rotatable bonds is 4. The van der Waals surface area contributed by atoms with Gasteiger partial charge in [0.15, 0.2) is 0 Å². The van der Waals surface area contributed by atoms with Gasteiger partial charge in [0.05, 0.1) is 23.9 Å². The number of phenolic OH excluding ortho intramolecular Hbond substituents is 1. The number of nitrogens with zero attached hydrogens (tertiary/aromatic N) is 2. The van der Waals surface area contributed by atoms with Gasteiger partial charge in [0.1, 0.15) is 11.4 Å². The first kappa shape index (κ1) is 15.2. The Labute approximate surface area is 125 Å². The highest BCUT2D eigenvalue weighted by Gasteiger charge is 2.07. The van der Waals surface area contributed by atoms with Crippen LogP contribution in [-0.4, -0.2) is 29.3 Å². The zero-order valence-electron chi connectivity index (χ0n) is 11.6. The van der Waals surface area contributed by atoms with Crippen LogP contribution in [0.1, 0.15) is 20.7 Å². The van der Waals surface area contributed by atoms with Crippen LogP contribution in [-0.2, 0) is 4.74 Å². The third-order valence-electron chi connectivity index (χ3n) is 2.78. The lowest BCUT2D eigenvalue weighted by Gasteiger charge is -2.00. The first-order valence-electron chi connectivity index (χ1n) is 6.17. The number of hydrogen-bond donors (Lipinski definition) is 2. The molecule has 2 aromatic carbocycles. The smallest absolute Gasteiger partial charge is 0.337 e. The maximum Gasteiger partial charge on any atom is 0.337 e. The molecule has 0 aliphatic rings. The minimum atomic E-state index is -1.14. The van der Waals surface area contributed by atoms with Gasteiger partial charge in [-0.05, 0) is 42.5 Å². The summed E-state index contributed by atoms with van der Waals surface area (Å²) in [5.41, 5.74) is 0.949. The number of phenols is 1. The average Bonchev–Trinajstić information content (AvgIpc) is 2.53. The number of azo groups is 1. The number of benzene rings is 2. The highest BCUT2D eigenvalue weighted by atomic mass is 16.5. The lowest BCUT2D eigenvalue weighted by atomic mass is 10.2. The van der Waals surface area contributed by atoms with Gasteiger partial charge in [-0.3, -0.25) is 0 Å². The summed E-state index contributed by atoms with van der Waals surface area (Å²) in [6.07, 6.45) is 0. The molecule has 112 valence electrons. The lowest BCUT2D eigenvalue weighted by molar-refractivity contribution is 0.0600. The molecule has 0 aliphatic carbocycles. The van der Waals surface area contributed by atoms with Crippen LogP contribution < -0.4 is 0 Å². The second kappa shape index (κ2) is 6.49. The molecule has 2 aromatic rings. The Bertz CT molecular complexity index is 738. The molecule has 0 aromatic heterocycles. The topological polar surface area (TPSA) is 109 Å².